The van der Waals surface area contributed by atoms with E-state index in [1.54, 1.807) is 36.5 Å². The number of nitrogens with zero attached hydrogens (tertiary/aromatic N) is 3. The summed E-state index contributed by atoms with van der Waals surface area (Å²) in [5.41, 5.74) is 2.49. The number of esters is 1. The zero-order valence-electron chi connectivity index (χ0n) is 17.2. The van der Waals surface area contributed by atoms with Gasteiger partial charge < -0.3 is 24.0 Å². The number of aromatic hydroxyl groups is 1. The third-order valence-electron chi connectivity index (χ3n) is 5.60. The fourth-order valence-corrected chi connectivity index (χ4v) is 6.79. The number of thioether (sulfide) groups is 2. The van der Waals surface area contributed by atoms with Gasteiger partial charge in [0.25, 0.3) is 0 Å². The molecule has 2 aromatic rings. The van der Waals surface area contributed by atoms with Crippen LogP contribution in [0.2, 0.25) is 0 Å². The maximum Gasteiger partial charge on any atom is 0.339 e. The topological polar surface area (TPSA) is 110 Å². The number of hydrogen-bond donors (Lipinski definition) is 2. The fourth-order valence-electron chi connectivity index (χ4n) is 4.12. The lowest BCUT2D eigenvalue weighted by molar-refractivity contribution is 0.0505. The molecule has 0 radical (unpaired) electrons. The molecule has 3 atom stereocenters. The second-order valence-electron chi connectivity index (χ2n) is 7.49. The number of aryl methyl sites for hydroxylation is 1. The summed E-state index contributed by atoms with van der Waals surface area (Å²) in [5.74, 6) is 1.74. The van der Waals surface area contributed by atoms with Crippen molar-refractivity contribution in [3.8, 4) is 11.5 Å². The number of rotatable bonds is 2. The number of cyclic esters (lactones) is 1. The summed E-state index contributed by atoms with van der Waals surface area (Å²) in [7, 11) is 1.52. The maximum absolute atomic E-state index is 13.0. The summed E-state index contributed by atoms with van der Waals surface area (Å²) in [6, 6.07) is 1.40. The summed E-state index contributed by atoms with van der Waals surface area (Å²) < 4.78 is 16.4. The SMILES string of the molecule is COc1cc(O)c2c(c1C)C(=O)OCCC1=CS[C@@H]3NC(c4nc(C)no4)CSC2N13. The molecule has 11 heteroatoms. The van der Waals surface area contributed by atoms with Crippen LogP contribution < -0.4 is 10.1 Å². The van der Waals surface area contributed by atoms with Gasteiger partial charge in [0, 0.05) is 35.1 Å². The minimum Gasteiger partial charge on any atom is -0.507 e. The van der Waals surface area contributed by atoms with Crippen LogP contribution in [0.1, 0.15) is 51.0 Å². The lowest BCUT2D eigenvalue weighted by Crippen LogP contribution is -2.41. The number of fused-ring (bicyclic) bond motifs is 2. The highest BCUT2D eigenvalue weighted by Crippen LogP contribution is 2.52. The van der Waals surface area contributed by atoms with Crippen molar-refractivity contribution in [1.29, 1.82) is 0 Å². The predicted octanol–water partition coefficient (Wildman–Crippen LogP) is 3.21. The molecule has 0 bridgehead atoms. The molecule has 31 heavy (non-hydrogen) atoms. The number of phenolic OH excluding ortho intramolecular Hbond substituents is 1. The number of hydrogen-bond acceptors (Lipinski definition) is 11. The van der Waals surface area contributed by atoms with E-state index in [0.29, 0.717) is 46.3 Å². The Morgan fingerprint density at radius 2 is 2.23 bits per heavy atom. The van der Waals surface area contributed by atoms with Crippen LogP contribution in [0.15, 0.2) is 21.7 Å². The third-order valence-corrected chi connectivity index (χ3v) is 7.93. The second kappa shape index (κ2) is 7.95. The Hall–Kier alpha value is -2.37. The zero-order valence-corrected chi connectivity index (χ0v) is 18.9. The molecule has 1 aromatic carbocycles. The van der Waals surface area contributed by atoms with Gasteiger partial charge in [0.05, 0.1) is 25.3 Å². The van der Waals surface area contributed by atoms with Gasteiger partial charge in [0.15, 0.2) is 5.82 Å². The number of carbonyl (C=O) groups excluding carboxylic acids is 1. The Kier molecular flexibility index (Phi) is 5.27. The van der Waals surface area contributed by atoms with Gasteiger partial charge in [-0.2, -0.15) is 4.98 Å². The quantitative estimate of drug-likeness (QED) is 0.642. The predicted molar refractivity (Wildman–Crippen MR) is 116 cm³/mol. The van der Waals surface area contributed by atoms with Crippen molar-refractivity contribution in [3.05, 3.63) is 45.6 Å². The normalized spacial score (nSPS) is 25.4. The highest BCUT2D eigenvalue weighted by molar-refractivity contribution is 8.03. The second-order valence-corrected chi connectivity index (χ2v) is 9.55. The molecule has 0 saturated carbocycles. The molecule has 0 amide bonds. The first kappa shape index (κ1) is 20.5. The van der Waals surface area contributed by atoms with Crippen molar-refractivity contribution in [2.75, 3.05) is 19.5 Å². The minimum atomic E-state index is -0.449. The van der Waals surface area contributed by atoms with Gasteiger partial charge in [-0.15, -0.1) is 11.8 Å². The van der Waals surface area contributed by atoms with E-state index < -0.39 is 5.97 Å². The average molecular weight is 463 g/mol. The van der Waals surface area contributed by atoms with Crippen LogP contribution in [0.5, 0.6) is 11.5 Å². The van der Waals surface area contributed by atoms with Crippen molar-refractivity contribution in [2.45, 2.75) is 37.2 Å². The minimum absolute atomic E-state index is 0.0101. The van der Waals surface area contributed by atoms with Crippen LogP contribution in [0.25, 0.3) is 0 Å². The monoisotopic (exact) mass is 462 g/mol. The number of methoxy groups -OCH3 is 1. The van der Waals surface area contributed by atoms with Gasteiger partial charge in [0.2, 0.25) is 5.89 Å². The van der Waals surface area contributed by atoms with E-state index >= 15 is 0 Å². The van der Waals surface area contributed by atoms with Gasteiger partial charge in [-0.1, -0.05) is 16.9 Å². The fraction of sp³-hybridized carbons (Fsp3) is 0.450. The maximum atomic E-state index is 13.0. The standard InChI is InChI=1S/C20H22N4O5S2/c1-9-14(27-3)6-13(25)16-15(9)19(26)28-5-4-11-7-31-20-22-12(8-30-18(16)24(11)20)17-21-10(2)23-29-17/h6-7,12,18,20,22,25H,4-5,8H2,1-3H3/t12?,18?,20-/m1/s1. The number of phenols is 1. The van der Waals surface area contributed by atoms with Crippen LogP contribution in [-0.4, -0.2) is 51.1 Å². The summed E-state index contributed by atoms with van der Waals surface area (Å²) in [5, 5.41) is 20.3. The van der Waals surface area contributed by atoms with E-state index in [-0.39, 0.29) is 29.3 Å². The molecule has 0 spiro atoms. The Bertz CT molecular complexity index is 1070. The first-order chi connectivity index (χ1) is 15.0. The van der Waals surface area contributed by atoms with Crippen LogP contribution in [-0.2, 0) is 4.74 Å². The molecule has 3 aliphatic heterocycles. The third kappa shape index (κ3) is 3.44. The molecule has 4 heterocycles. The number of ether oxygens (including phenoxy) is 2. The number of nitrogens with one attached hydrogen (secondary N) is 1. The van der Waals surface area contributed by atoms with Gasteiger partial charge >= 0.3 is 5.97 Å². The zero-order chi connectivity index (χ0) is 21.7. The highest BCUT2D eigenvalue weighted by Gasteiger charge is 2.43. The average Bonchev–Trinajstić information content (AvgIpc) is 3.31. The highest BCUT2D eigenvalue weighted by atomic mass is 32.2. The van der Waals surface area contributed by atoms with E-state index in [1.807, 2.05) is 6.92 Å². The van der Waals surface area contributed by atoms with Crippen molar-refractivity contribution in [3.63, 3.8) is 0 Å². The molecule has 1 aromatic heterocycles. The van der Waals surface area contributed by atoms with E-state index in [9.17, 15) is 9.90 Å². The molecule has 1 saturated heterocycles. The Morgan fingerprint density at radius 1 is 1.39 bits per heavy atom. The van der Waals surface area contributed by atoms with Crippen LogP contribution >= 0.6 is 23.5 Å². The van der Waals surface area contributed by atoms with Gasteiger partial charge in [-0.3, -0.25) is 5.32 Å². The summed E-state index contributed by atoms with van der Waals surface area (Å²) in [6.45, 7) is 3.86. The van der Waals surface area contributed by atoms with Gasteiger partial charge in [-0.25, -0.2) is 4.79 Å². The molecular weight excluding hydrogens is 440 g/mol. The number of carbonyl (C=O) groups is 1. The van der Waals surface area contributed by atoms with Gasteiger partial charge in [0.1, 0.15) is 22.4 Å². The van der Waals surface area contributed by atoms with E-state index in [2.05, 4.69) is 25.8 Å². The lowest BCUT2D eigenvalue weighted by Gasteiger charge is -2.35. The summed E-state index contributed by atoms with van der Waals surface area (Å²) in [4.78, 5) is 19.6. The molecule has 2 N–H and O–H groups in total. The molecule has 1 fully saturated rings. The molecule has 5 rings (SSSR count). The molecular formula is C20H22N4O5S2. The number of aromatic nitrogens is 2. The lowest BCUT2D eigenvalue weighted by atomic mass is 9.98. The Balaban J connectivity index is 1.64. The van der Waals surface area contributed by atoms with Crippen molar-refractivity contribution in [1.82, 2.24) is 20.4 Å². The van der Waals surface area contributed by atoms with Crippen molar-refractivity contribution >= 4 is 29.5 Å². The van der Waals surface area contributed by atoms with E-state index in [1.165, 1.54) is 7.11 Å². The van der Waals surface area contributed by atoms with E-state index in [4.69, 9.17) is 14.0 Å². The van der Waals surface area contributed by atoms with Crippen molar-refractivity contribution < 1.29 is 23.9 Å². The summed E-state index contributed by atoms with van der Waals surface area (Å²) >= 11 is 3.26. The van der Waals surface area contributed by atoms with Crippen LogP contribution in [0.3, 0.4) is 0 Å². The van der Waals surface area contributed by atoms with Crippen LogP contribution in [0, 0.1) is 13.8 Å². The smallest absolute Gasteiger partial charge is 0.339 e. The van der Waals surface area contributed by atoms with Crippen LogP contribution in [0.4, 0.5) is 0 Å². The first-order valence-electron chi connectivity index (χ1n) is 9.86. The van der Waals surface area contributed by atoms with Gasteiger partial charge in [-0.05, 0) is 19.3 Å². The largest absolute Gasteiger partial charge is 0.507 e. The molecule has 0 aliphatic carbocycles. The molecule has 164 valence electrons. The number of benzene rings is 1. The Morgan fingerprint density at radius 3 is 2.97 bits per heavy atom. The van der Waals surface area contributed by atoms with E-state index in [0.717, 1.165) is 5.70 Å². The molecule has 9 nitrogen and oxygen atoms in total. The molecule has 2 unspecified atom stereocenters. The van der Waals surface area contributed by atoms with Crippen molar-refractivity contribution in [2.24, 2.45) is 0 Å². The summed E-state index contributed by atoms with van der Waals surface area (Å²) in [6.07, 6.45) is 0.587. The Labute approximate surface area is 187 Å². The molecule has 3 aliphatic rings. The first-order valence-corrected chi connectivity index (χ1v) is 11.9.